The summed E-state index contributed by atoms with van der Waals surface area (Å²) in [6.45, 7) is 0.286. The predicted octanol–water partition coefficient (Wildman–Crippen LogP) is 4.02. The maximum atomic E-state index is 11.9. The van der Waals surface area contributed by atoms with Crippen LogP contribution in [0, 0.1) is 10.1 Å². The van der Waals surface area contributed by atoms with Gasteiger partial charge < -0.3 is 15.4 Å². The molecule has 2 N–H and O–H groups in total. The molecule has 0 atom stereocenters. The van der Waals surface area contributed by atoms with Gasteiger partial charge in [-0.3, -0.25) is 19.7 Å². The summed E-state index contributed by atoms with van der Waals surface area (Å²) in [6.07, 6.45) is 1.34. The molecule has 0 bridgehead atoms. The van der Waals surface area contributed by atoms with Crippen molar-refractivity contribution in [1.29, 1.82) is 0 Å². The lowest BCUT2D eigenvalue weighted by atomic mass is 10.1. The fraction of sp³-hybridized carbons (Fsp3) is 0.250. The van der Waals surface area contributed by atoms with E-state index in [1.54, 1.807) is 0 Å². The first-order valence-electron chi connectivity index (χ1n) is 9.09. The van der Waals surface area contributed by atoms with E-state index in [0.717, 1.165) is 6.42 Å². The van der Waals surface area contributed by atoms with Crippen LogP contribution < -0.4 is 10.6 Å². The standard InChI is InChI=1S/C20H20ClN3O5S/c21-16-13-15(24(27)28)8-9-17(16)22-20(30)23-18(25)10-11-19(26)29-12-4-7-14-5-2-1-3-6-14/h1-3,5-6,8-9,13H,4,7,10-12H2,(H2,22,23,25,30). The van der Waals surface area contributed by atoms with Crippen LogP contribution in [0.25, 0.3) is 0 Å². The van der Waals surface area contributed by atoms with Crippen molar-refractivity contribution in [2.45, 2.75) is 25.7 Å². The molecule has 0 aromatic heterocycles. The molecule has 0 aliphatic rings. The number of nitro groups is 1. The van der Waals surface area contributed by atoms with Crippen LogP contribution in [0.4, 0.5) is 11.4 Å². The molecule has 0 saturated carbocycles. The summed E-state index contributed by atoms with van der Waals surface area (Å²) in [7, 11) is 0. The average Bonchev–Trinajstić information content (AvgIpc) is 2.71. The fourth-order valence-electron chi connectivity index (χ4n) is 2.46. The first-order valence-corrected chi connectivity index (χ1v) is 9.88. The molecule has 30 heavy (non-hydrogen) atoms. The lowest BCUT2D eigenvalue weighted by Gasteiger charge is -2.11. The zero-order valence-corrected chi connectivity index (χ0v) is 17.5. The molecule has 0 radical (unpaired) electrons. The second-order valence-electron chi connectivity index (χ2n) is 6.23. The van der Waals surface area contributed by atoms with Gasteiger partial charge in [0, 0.05) is 18.6 Å². The number of carbonyl (C=O) groups is 2. The predicted molar refractivity (Wildman–Crippen MR) is 117 cm³/mol. The molecule has 0 fully saturated rings. The van der Waals surface area contributed by atoms with Crippen molar-refractivity contribution in [3.63, 3.8) is 0 Å². The van der Waals surface area contributed by atoms with E-state index >= 15 is 0 Å². The van der Waals surface area contributed by atoms with Crippen molar-refractivity contribution in [2.75, 3.05) is 11.9 Å². The Balaban J connectivity index is 1.65. The van der Waals surface area contributed by atoms with E-state index in [1.165, 1.54) is 23.8 Å². The number of ether oxygens (including phenoxy) is 1. The Bertz CT molecular complexity index is 924. The third-order valence-electron chi connectivity index (χ3n) is 3.94. The number of hydrogen-bond acceptors (Lipinski definition) is 6. The molecule has 2 aromatic carbocycles. The summed E-state index contributed by atoms with van der Waals surface area (Å²) in [6, 6.07) is 13.7. The smallest absolute Gasteiger partial charge is 0.306 e. The zero-order chi connectivity index (χ0) is 21.9. The Labute approximate surface area is 183 Å². The number of nitrogens with one attached hydrogen (secondary N) is 2. The highest BCUT2D eigenvalue weighted by molar-refractivity contribution is 7.80. The van der Waals surface area contributed by atoms with Crippen molar-refractivity contribution in [3.8, 4) is 0 Å². The normalized spacial score (nSPS) is 10.2. The number of nitrogens with zero attached hydrogens (tertiary/aromatic N) is 1. The number of benzene rings is 2. The molecular formula is C20H20ClN3O5S. The number of nitro benzene ring substituents is 1. The average molecular weight is 450 g/mol. The summed E-state index contributed by atoms with van der Waals surface area (Å²) < 4.78 is 5.12. The van der Waals surface area contributed by atoms with Gasteiger partial charge in [-0.05, 0) is 36.7 Å². The van der Waals surface area contributed by atoms with E-state index in [2.05, 4.69) is 10.6 Å². The molecule has 0 saturated heterocycles. The largest absolute Gasteiger partial charge is 0.466 e. The Hall–Kier alpha value is -3.04. The van der Waals surface area contributed by atoms with E-state index in [-0.39, 0.29) is 35.3 Å². The second kappa shape index (κ2) is 11.8. The van der Waals surface area contributed by atoms with Gasteiger partial charge in [-0.2, -0.15) is 0 Å². The molecule has 10 heteroatoms. The van der Waals surface area contributed by atoms with Crippen LogP contribution in [0.3, 0.4) is 0 Å². The number of non-ortho nitro benzene ring substituents is 1. The van der Waals surface area contributed by atoms with Crippen LogP contribution >= 0.6 is 23.8 Å². The quantitative estimate of drug-likeness (QED) is 0.195. The molecule has 158 valence electrons. The Morgan fingerprint density at radius 3 is 2.53 bits per heavy atom. The molecule has 0 aliphatic carbocycles. The van der Waals surface area contributed by atoms with Gasteiger partial charge in [0.15, 0.2) is 5.11 Å². The van der Waals surface area contributed by atoms with Crippen LogP contribution in [-0.2, 0) is 20.7 Å². The maximum Gasteiger partial charge on any atom is 0.306 e. The number of thiocarbonyl (C=S) groups is 1. The molecular weight excluding hydrogens is 430 g/mol. The van der Waals surface area contributed by atoms with E-state index in [9.17, 15) is 19.7 Å². The zero-order valence-electron chi connectivity index (χ0n) is 15.9. The highest BCUT2D eigenvalue weighted by Gasteiger charge is 2.13. The molecule has 0 aliphatic heterocycles. The highest BCUT2D eigenvalue weighted by Crippen LogP contribution is 2.26. The summed E-state index contributed by atoms with van der Waals surface area (Å²) >= 11 is 11.0. The van der Waals surface area contributed by atoms with Gasteiger partial charge in [0.2, 0.25) is 5.91 Å². The van der Waals surface area contributed by atoms with Crippen LogP contribution in [0.15, 0.2) is 48.5 Å². The van der Waals surface area contributed by atoms with Gasteiger partial charge in [-0.25, -0.2) is 0 Å². The van der Waals surface area contributed by atoms with Gasteiger partial charge in [0.1, 0.15) is 0 Å². The van der Waals surface area contributed by atoms with E-state index < -0.39 is 16.8 Å². The van der Waals surface area contributed by atoms with E-state index in [4.69, 9.17) is 28.6 Å². The van der Waals surface area contributed by atoms with E-state index in [0.29, 0.717) is 12.1 Å². The minimum absolute atomic E-state index is 0.0352. The van der Waals surface area contributed by atoms with Gasteiger partial charge in [-0.15, -0.1) is 0 Å². The van der Waals surface area contributed by atoms with Crippen molar-refractivity contribution < 1.29 is 19.2 Å². The van der Waals surface area contributed by atoms with Crippen molar-refractivity contribution >= 4 is 52.2 Å². The lowest BCUT2D eigenvalue weighted by molar-refractivity contribution is -0.384. The summed E-state index contributed by atoms with van der Waals surface area (Å²) in [4.78, 5) is 33.8. The maximum absolute atomic E-state index is 11.9. The molecule has 8 nitrogen and oxygen atoms in total. The first-order chi connectivity index (χ1) is 14.3. The highest BCUT2D eigenvalue weighted by atomic mass is 35.5. The van der Waals surface area contributed by atoms with Crippen LogP contribution in [-0.4, -0.2) is 28.5 Å². The number of hydrogen-bond donors (Lipinski definition) is 2. The number of rotatable bonds is 9. The fourth-order valence-corrected chi connectivity index (χ4v) is 2.90. The van der Waals surface area contributed by atoms with Crippen LogP contribution in [0.5, 0.6) is 0 Å². The second-order valence-corrected chi connectivity index (χ2v) is 7.05. The van der Waals surface area contributed by atoms with Crippen molar-refractivity contribution in [2.24, 2.45) is 0 Å². The minimum atomic E-state index is -0.573. The SMILES string of the molecule is O=C(CCC(=O)OCCCc1ccccc1)NC(=S)Nc1ccc([N+](=O)[O-])cc1Cl. The third-order valence-corrected chi connectivity index (χ3v) is 4.45. The lowest BCUT2D eigenvalue weighted by Crippen LogP contribution is -2.34. The van der Waals surface area contributed by atoms with Gasteiger partial charge in [0.05, 0.1) is 28.7 Å². The topological polar surface area (TPSA) is 111 Å². The van der Waals surface area contributed by atoms with Crippen LogP contribution in [0.2, 0.25) is 5.02 Å². The molecule has 0 heterocycles. The number of carbonyl (C=O) groups excluding carboxylic acids is 2. The Kier molecular flexibility index (Phi) is 9.17. The van der Waals surface area contributed by atoms with Crippen molar-refractivity contribution in [1.82, 2.24) is 5.32 Å². The summed E-state index contributed by atoms with van der Waals surface area (Å²) in [5.74, 6) is -0.928. The number of esters is 1. The number of aryl methyl sites for hydroxylation is 1. The van der Waals surface area contributed by atoms with E-state index in [1.807, 2.05) is 30.3 Å². The van der Waals surface area contributed by atoms with Crippen molar-refractivity contribution in [3.05, 3.63) is 69.2 Å². The third kappa shape index (κ3) is 8.14. The summed E-state index contributed by atoms with van der Waals surface area (Å²) in [5.41, 5.74) is 1.32. The molecule has 1 amide bonds. The Morgan fingerprint density at radius 1 is 1.13 bits per heavy atom. The van der Waals surface area contributed by atoms with Gasteiger partial charge >= 0.3 is 5.97 Å². The molecule has 2 rings (SSSR count). The number of anilines is 1. The summed E-state index contributed by atoms with van der Waals surface area (Å²) in [5, 5.41) is 15.9. The molecule has 2 aromatic rings. The number of halogens is 1. The Morgan fingerprint density at radius 2 is 1.87 bits per heavy atom. The molecule has 0 spiro atoms. The first kappa shape index (κ1) is 23.2. The van der Waals surface area contributed by atoms with Gasteiger partial charge in [-0.1, -0.05) is 41.9 Å². The number of amides is 1. The minimum Gasteiger partial charge on any atom is -0.466 e. The van der Waals surface area contributed by atoms with Crippen LogP contribution in [0.1, 0.15) is 24.8 Å². The van der Waals surface area contributed by atoms with Gasteiger partial charge in [0.25, 0.3) is 5.69 Å². The monoisotopic (exact) mass is 449 g/mol. The molecule has 0 unspecified atom stereocenters.